The van der Waals surface area contributed by atoms with Crippen LogP contribution >= 0.6 is 0 Å². The van der Waals surface area contributed by atoms with Crippen molar-refractivity contribution in [3.05, 3.63) is 54.1 Å². The molecule has 4 rings (SSSR count). The molecule has 1 fully saturated rings. The summed E-state index contributed by atoms with van der Waals surface area (Å²) in [5.41, 5.74) is 2.04. The van der Waals surface area contributed by atoms with Gasteiger partial charge in [-0.25, -0.2) is 0 Å². The van der Waals surface area contributed by atoms with Crippen LogP contribution in [0.2, 0.25) is 0 Å². The van der Waals surface area contributed by atoms with E-state index in [9.17, 15) is 9.59 Å². The molecule has 0 bridgehead atoms. The SMILES string of the molecule is CCc1ccc(NC(=O)[C@H](C)N2CCN(C(=O)[C@@H]3COc4ccccc4O3)CC2)cc1. The standard InChI is InChI=1S/C24H29N3O4/c1-3-18-8-10-19(11-9-18)25-23(28)17(2)26-12-14-27(15-13-26)24(29)22-16-30-20-6-4-5-7-21(20)31-22/h4-11,17,22H,3,12-16H2,1-2H3,(H,25,28)/t17-,22-/m0/s1. The summed E-state index contributed by atoms with van der Waals surface area (Å²) in [6, 6.07) is 15.0. The van der Waals surface area contributed by atoms with E-state index < -0.39 is 6.10 Å². The summed E-state index contributed by atoms with van der Waals surface area (Å²) < 4.78 is 11.5. The molecule has 7 heteroatoms. The fourth-order valence-electron chi connectivity index (χ4n) is 3.91. The summed E-state index contributed by atoms with van der Waals surface area (Å²) in [5, 5.41) is 2.99. The largest absolute Gasteiger partial charge is 0.485 e. The Hall–Kier alpha value is -3.06. The Balaban J connectivity index is 1.27. The molecular weight excluding hydrogens is 394 g/mol. The van der Waals surface area contributed by atoms with E-state index in [4.69, 9.17) is 9.47 Å². The molecule has 2 aromatic rings. The number of carbonyl (C=O) groups is 2. The highest BCUT2D eigenvalue weighted by atomic mass is 16.6. The first-order chi connectivity index (χ1) is 15.0. The number of anilines is 1. The molecule has 2 atom stereocenters. The summed E-state index contributed by atoms with van der Waals surface area (Å²) in [5.74, 6) is 1.16. The number of para-hydroxylation sites is 2. The average molecular weight is 424 g/mol. The normalized spacial score (nSPS) is 19.5. The minimum atomic E-state index is -0.631. The molecule has 2 aliphatic heterocycles. The first-order valence-electron chi connectivity index (χ1n) is 10.9. The van der Waals surface area contributed by atoms with E-state index in [2.05, 4.69) is 17.1 Å². The topological polar surface area (TPSA) is 71.1 Å². The van der Waals surface area contributed by atoms with Crippen LogP contribution in [0.4, 0.5) is 5.69 Å². The van der Waals surface area contributed by atoms with Gasteiger partial charge in [-0.2, -0.15) is 0 Å². The van der Waals surface area contributed by atoms with Crippen LogP contribution in [-0.4, -0.2) is 66.5 Å². The van der Waals surface area contributed by atoms with Crippen molar-refractivity contribution in [3.63, 3.8) is 0 Å². The lowest BCUT2D eigenvalue weighted by Gasteiger charge is -2.39. The third-order valence-corrected chi connectivity index (χ3v) is 5.97. The van der Waals surface area contributed by atoms with Gasteiger partial charge in [-0.3, -0.25) is 14.5 Å². The third kappa shape index (κ3) is 4.82. The van der Waals surface area contributed by atoms with Crippen LogP contribution < -0.4 is 14.8 Å². The number of nitrogens with one attached hydrogen (secondary N) is 1. The van der Waals surface area contributed by atoms with Crippen molar-refractivity contribution in [1.29, 1.82) is 0 Å². The van der Waals surface area contributed by atoms with E-state index >= 15 is 0 Å². The minimum absolute atomic E-state index is 0.0374. The maximum Gasteiger partial charge on any atom is 0.267 e. The summed E-state index contributed by atoms with van der Waals surface area (Å²) >= 11 is 0. The van der Waals surface area contributed by atoms with Gasteiger partial charge in [-0.1, -0.05) is 31.2 Å². The lowest BCUT2D eigenvalue weighted by molar-refractivity contribution is -0.143. The third-order valence-electron chi connectivity index (χ3n) is 5.97. The summed E-state index contributed by atoms with van der Waals surface area (Å²) in [6.07, 6.45) is 0.339. The van der Waals surface area contributed by atoms with E-state index in [1.54, 1.807) is 4.90 Å². The van der Waals surface area contributed by atoms with Crippen LogP contribution in [0, 0.1) is 0 Å². The van der Waals surface area contributed by atoms with Gasteiger partial charge < -0.3 is 19.7 Å². The number of piperazine rings is 1. The number of amides is 2. The van der Waals surface area contributed by atoms with E-state index in [-0.39, 0.29) is 24.5 Å². The summed E-state index contributed by atoms with van der Waals surface area (Å²) in [4.78, 5) is 29.5. The number of aryl methyl sites for hydroxylation is 1. The Kier molecular flexibility index (Phi) is 6.42. The minimum Gasteiger partial charge on any atom is -0.485 e. The molecule has 0 aliphatic carbocycles. The summed E-state index contributed by atoms with van der Waals surface area (Å²) in [6.45, 7) is 6.62. The van der Waals surface area contributed by atoms with Crippen LogP contribution in [-0.2, 0) is 16.0 Å². The smallest absolute Gasteiger partial charge is 0.267 e. The first-order valence-corrected chi connectivity index (χ1v) is 10.9. The molecule has 0 aromatic heterocycles. The molecule has 7 nitrogen and oxygen atoms in total. The number of carbonyl (C=O) groups excluding carboxylic acids is 2. The Morgan fingerprint density at radius 1 is 1.03 bits per heavy atom. The molecule has 1 N–H and O–H groups in total. The van der Waals surface area contributed by atoms with Crippen molar-refractivity contribution in [3.8, 4) is 11.5 Å². The van der Waals surface area contributed by atoms with Gasteiger partial charge >= 0.3 is 0 Å². The van der Waals surface area contributed by atoms with Crippen LogP contribution in [0.3, 0.4) is 0 Å². The molecule has 0 spiro atoms. The number of fused-ring (bicyclic) bond motifs is 1. The molecule has 2 amide bonds. The Labute approximate surface area is 182 Å². The molecule has 164 valence electrons. The van der Waals surface area contributed by atoms with Crippen LogP contribution in [0.5, 0.6) is 11.5 Å². The molecular formula is C24H29N3O4. The van der Waals surface area contributed by atoms with E-state index in [1.807, 2.05) is 55.5 Å². The number of hydrogen-bond acceptors (Lipinski definition) is 5. The Morgan fingerprint density at radius 3 is 2.39 bits per heavy atom. The van der Waals surface area contributed by atoms with Crippen molar-refractivity contribution in [2.45, 2.75) is 32.4 Å². The predicted molar refractivity (Wildman–Crippen MR) is 118 cm³/mol. The summed E-state index contributed by atoms with van der Waals surface area (Å²) in [7, 11) is 0. The highest BCUT2D eigenvalue weighted by Crippen LogP contribution is 2.31. The van der Waals surface area contributed by atoms with Gasteiger partial charge in [0.25, 0.3) is 5.91 Å². The Morgan fingerprint density at radius 2 is 1.71 bits per heavy atom. The molecule has 31 heavy (non-hydrogen) atoms. The van der Waals surface area contributed by atoms with E-state index in [1.165, 1.54) is 5.56 Å². The van der Waals surface area contributed by atoms with Gasteiger partial charge in [0.05, 0.1) is 6.04 Å². The highest BCUT2D eigenvalue weighted by molar-refractivity contribution is 5.94. The molecule has 2 aromatic carbocycles. The lowest BCUT2D eigenvalue weighted by atomic mass is 10.1. The monoisotopic (exact) mass is 423 g/mol. The van der Waals surface area contributed by atoms with Gasteiger partial charge in [-0.05, 0) is 43.2 Å². The van der Waals surface area contributed by atoms with Crippen molar-refractivity contribution in [2.24, 2.45) is 0 Å². The molecule has 1 saturated heterocycles. The van der Waals surface area contributed by atoms with E-state index in [0.29, 0.717) is 37.7 Å². The second-order valence-electron chi connectivity index (χ2n) is 7.94. The number of ether oxygens (including phenoxy) is 2. The first kappa shape index (κ1) is 21.2. The number of nitrogens with zero attached hydrogens (tertiary/aromatic N) is 2. The van der Waals surface area contributed by atoms with Crippen LogP contribution in [0.25, 0.3) is 0 Å². The van der Waals surface area contributed by atoms with Gasteiger partial charge in [0.1, 0.15) is 6.61 Å². The maximum absolute atomic E-state index is 12.9. The van der Waals surface area contributed by atoms with Crippen molar-refractivity contribution < 1.29 is 19.1 Å². The van der Waals surface area contributed by atoms with Gasteiger partial charge in [-0.15, -0.1) is 0 Å². The number of benzene rings is 2. The average Bonchev–Trinajstić information content (AvgIpc) is 2.83. The highest BCUT2D eigenvalue weighted by Gasteiger charge is 2.34. The van der Waals surface area contributed by atoms with Crippen molar-refractivity contribution >= 4 is 17.5 Å². The van der Waals surface area contributed by atoms with Gasteiger partial charge in [0, 0.05) is 31.9 Å². The Bertz CT molecular complexity index is 923. The van der Waals surface area contributed by atoms with E-state index in [0.717, 1.165) is 12.1 Å². The van der Waals surface area contributed by atoms with Gasteiger partial charge in [0.15, 0.2) is 11.5 Å². The zero-order chi connectivity index (χ0) is 21.8. The molecule has 0 unspecified atom stereocenters. The molecule has 0 radical (unpaired) electrons. The van der Waals surface area contributed by atoms with Gasteiger partial charge in [0.2, 0.25) is 12.0 Å². The fourth-order valence-corrected chi connectivity index (χ4v) is 3.91. The quantitative estimate of drug-likeness (QED) is 0.800. The zero-order valence-electron chi connectivity index (χ0n) is 18.0. The second-order valence-corrected chi connectivity index (χ2v) is 7.94. The van der Waals surface area contributed by atoms with Crippen LogP contribution in [0.15, 0.2) is 48.5 Å². The number of hydrogen-bond donors (Lipinski definition) is 1. The zero-order valence-corrected chi connectivity index (χ0v) is 18.0. The maximum atomic E-state index is 12.9. The van der Waals surface area contributed by atoms with Crippen molar-refractivity contribution in [1.82, 2.24) is 9.80 Å². The fraction of sp³-hybridized carbons (Fsp3) is 0.417. The van der Waals surface area contributed by atoms with Crippen molar-refractivity contribution in [2.75, 3.05) is 38.1 Å². The number of rotatable bonds is 5. The molecule has 2 heterocycles. The molecule has 0 saturated carbocycles. The lowest BCUT2D eigenvalue weighted by Crippen LogP contribution is -2.57. The second kappa shape index (κ2) is 9.39. The predicted octanol–water partition coefficient (Wildman–Crippen LogP) is 2.56. The van der Waals surface area contributed by atoms with Crippen LogP contribution in [0.1, 0.15) is 19.4 Å². The molecule has 2 aliphatic rings.